The number of halogens is 1. The Kier molecular flexibility index (Phi) is 4.91. The largest absolute Gasteiger partial charge is 0.365 e. The predicted molar refractivity (Wildman–Crippen MR) is 110 cm³/mol. The van der Waals surface area contributed by atoms with Crippen LogP contribution in [0.1, 0.15) is 21.6 Å². The van der Waals surface area contributed by atoms with Gasteiger partial charge in [0.2, 0.25) is 0 Å². The number of carbonyl (C=O) groups excluding carboxylic acids is 1. The first-order chi connectivity index (χ1) is 13.6. The minimum absolute atomic E-state index is 0.437. The second-order valence-electron chi connectivity index (χ2n) is 6.27. The summed E-state index contributed by atoms with van der Waals surface area (Å²) in [6.07, 6.45) is 3.23. The lowest BCUT2D eigenvalue weighted by atomic mass is 10.1. The zero-order chi connectivity index (χ0) is 19.5. The van der Waals surface area contributed by atoms with Gasteiger partial charge in [-0.2, -0.15) is 0 Å². The van der Waals surface area contributed by atoms with Crippen LogP contribution in [0.3, 0.4) is 0 Å². The SMILES string of the molecule is Cc1ccc(C(=O)ON=Cc2c(-c3ccccc3)nc3ccc(Cl)cn23)cc1. The first kappa shape index (κ1) is 17.9. The highest BCUT2D eigenvalue weighted by Crippen LogP contribution is 2.24. The van der Waals surface area contributed by atoms with Gasteiger partial charge < -0.3 is 4.84 Å². The van der Waals surface area contributed by atoms with Gasteiger partial charge >= 0.3 is 5.97 Å². The van der Waals surface area contributed by atoms with Crippen molar-refractivity contribution >= 4 is 29.4 Å². The van der Waals surface area contributed by atoms with Gasteiger partial charge in [0.1, 0.15) is 5.65 Å². The zero-order valence-corrected chi connectivity index (χ0v) is 15.8. The van der Waals surface area contributed by atoms with Crippen LogP contribution < -0.4 is 0 Å². The van der Waals surface area contributed by atoms with Crippen LogP contribution in [-0.2, 0) is 4.84 Å². The Morgan fingerprint density at radius 2 is 1.82 bits per heavy atom. The van der Waals surface area contributed by atoms with Crippen molar-refractivity contribution in [1.82, 2.24) is 9.38 Å². The molecule has 0 spiro atoms. The van der Waals surface area contributed by atoms with E-state index in [1.54, 1.807) is 24.4 Å². The molecule has 0 aliphatic carbocycles. The Morgan fingerprint density at radius 3 is 2.57 bits per heavy atom. The number of carbonyl (C=O) groups is 1. The quantitative estimate of drug-likeness (QED) is 0.275. The molecule has 0 aliphatic heterocycles. The van der Waals surface area contributed by atoms with Gasteiger partial charge in [-0.3, -0.25) is 4.40 Å². The molecule has 4 aromatic rings. The first-order valence-corrected chi connectivity index (χ1v) is 9.04. The molecule has 0 amide bonds. The first-order valence-electron chi connectivity index (χ1n) is 8.66. The Labute approximate surface area is 166 Å². The van der Waals surface area contributed by atoms with Crippen LogP contribution >= 0.6 is 11.6 Å². The number of pyridine rings is 1. The number of oxime groups is 1. The maximum absolute atomic E-state index is 12.2. The molecule has 0 fully saturated rings. The fraction of sp³-hybridized carbons (Fsp3) is 0.0455. The molecule has 0 radical (unpaired) electrons. The Morgan fingerprint density at radius 1 is 1.07 bits per heavy atom. The number of nitrogens with zero attached hydrogens (tertiary/aromatic N) is 3. The van der Waals surface area contributed by atoms with Crippen LogP contribution in [0.25, 0.3) is 16.9 Å². The molecule has 0 bridgehead atoms. The maximum Gasteiger partial charge on any atom is 0.365 e. The third kappa shape index (κ3) is 3.66. The van der Waals surface area contributed by atoms with Gasteiger partial charge in [-0.25, -0.2) is 9.78 Å². The molecule has 5 nitrogen and oxygen atoms in total. The van der Waals surface area contributed by atoms with Crippen LogP contribution in [0.2, 0.25) is 5.02 Å². The highest BCUT2D eigenvalue weighted by Gasteiger charge is 2.13. The van der Waals surface area contributed by atoms with Gasteiger partial charge in [0.25, 0.3) is 0 Å². The molecule has 2 aromatic carbocycles. The van der Waals surface area contributed by atoms with Crippen molar-refractivity contribution in [3.05, 3.63) is 94.8 Å². The number of fused-ring (bicyclic) bond motifs is 1. The zero-order valence-electron chi connectivity index (χ0n) is 15.0. The van der Waals surface area contributed by atoms with E-state index in [0.29, 0.717) is 16.3 Å². The minimum Gasteiger partial charge on any atom is -0.313 e. The van der Waals surface area contributed by atoms with Gasteiger partial charge in [0, 0.05) is 11.8 Å². The van der Waals surface area contributed by atoms with E-state index in [4.69, 9.17) is 16.4 Å². The van der Waals surface area contributed by atoms with Crippen LogP contribution in [-0.4, -0.2) is 21.6 Å². The van der Waals surface area contributed by atoms with E-state index in [-0.39, 0.29) is 0 Å². The summed E-state index contributed by atoms with van der Waals surface area (Å²) in [5, 5.41) is 4.47. The summed E-state index contributed by atoms with van der Waals surface area (Å²) in [6.45, 7) is 1.95. The van der Waals surface area contributed by atoms with Gasteiger partial charge in [-0.05, 0) is 31.2 Å². The molecule has 0 saturated heterocycles. The second kappa shape index (κ2) is 7.66. The monoisotopic (exact) mass is 389 g/mol. The molecule has 0 aliphatic rings. The average Bonchev–Trinajstić information content (AvgIpc) is 3.07. The highest BCUT2D eigenvalue weighted by atomic mass is 35.5. The van der Waals surface area contributed by atoms with E-state index in [0.717, 1.165) is 22.5 Å². The fourth-order valence-electron chi connectivity index (χ4n) is 2.84. The lowest BCUT2D eigenvalue weighted by Crippen LogP contribution is -2.02. The van der Waals surface area contributed by atoms with Crippen LogP contribution in [0.15, 0.2) is 78.1 Å². The van der Waals surface area contributed by atoms with E-state index in [1.807, 2.05) is 59.9 Å². The molecule has 2 heterocycles. The van der Waals surface area contributed by atoms with Crippen molar-refractivity contribution in [3.63, 3.8) is 0 Å². The number of benzene rings is 2. The molecule has 2 aromatic heterocycles. The van der Waals surface area contributed by atoms with E-state index in [2.05, 4.69) is 10.1 Å². The molecule has 28 heavy (non-hydrogen) atoms. The normalized spacial score (nSPS) is 11.2. The molecule has 0 saturated carbocycles. The molecule has 6 heteroatoms. The van der Waals surface area contributed by atoms with Crippen LogP contribution in [0, 0.1) is 6.92 Å². The molecular weight excluding hydrogens is 374 g/mol. The topological polar surface area (TPSA) is 56.0 Å². The van der Waals surface area contributed by atoms with Gasteiger partial charge in [0.05, 0.1) is 28.2 Å². The predicted octanol–water partition coefficient (Wildman–Crippen LogP) is 5.15. The Bertz CT molecular complexity index is 1170. The molecule has 0 N–H and O–H groups in total. The smallest absolute Gasteiger partial charge is 0.313 e. The Hall–Kier alpha value is -3.44. The second-order valence-corrected chi connectivity index (χ2v) is 6.70. The van der Waals surface area contributed by atoms with E-state index in [9.17, 15) is 4.79 Å². The number of aryl methyl sites for hydroxylation is 1. The van der Waals surface area contributed by atoms with Crippen LogP contribution in [0.4, 0.5) is 0 Å². The summed E-state index contributed by atoms with van der Waals surface area (Å²) < 4.78 is 1.81. The third-order valence-electron chi connectivity index (χ3n) is 4.26. The summed E-state index contributed by atoms with van der Waals surface area (Å²) in [4.78, 5) is 21.9. The lowest BCUT2D eigenvalue weighted by Gasteiger charge is -2.01. The summed E-state index contributed by atoms with van der Waals surface area (Å²) in [5.41, 5.74) is 4.53. The van der Waals surface area contributed by atoms with Crippen LogP contribution in [0.5, 0.6) is 0 Å². The molecule has 4 rings (SSSR count). The molecule has 0 atom stereocenters. The maximum atomic E-state index is 12.2. The summed E-state index contributed by atoms with van der Waals surface area (Å²) in [7, 11) is 0. The average molecular weight is 390 g/mol. The Balaban J connectivity index is 1.68. The number of aromatic nitrogens is 2. The van der Waals surface area contributed by atoms with E-state index in [1.165, 1.54) is 6.21 Å². The van der Waals surface area contributed by atoms with Gasteiger partial charge in [-0.1, -0.05) is 64.8 Å². The minimum atomic E-state index is -0.524. The highest BCUT2D eigenvalue weighted by molar-refractivity contribution is 6.30. The fourth-order valence-corrected chi connectivity index (χ4v) is 3.00. The van der Waals surface area contributed by atoms with Crippen molar-refractivity contribution in [2.45, 2.75) is 6.92 Å². The molecular formula is C22H16ClN3O2. The van der Waals surface area contributed by atoms with Crippen molar-refractivity contribution in [1.29, 1.82) is 0 Å². The van der Waals surface area contributed by atoms with Crippen molar-refractivity contribution in [3.8, 4) is 11.3 Å². The lowest BCUT2D eigenvalue weighted by molar-refractivity contribution is 0.0519. The van der Waals surface area contributed by atoms with Gasteiger partial charge in [0.15, 0.2) is 0 Å². The van der Waals surface area contributed by atoms with Gasteiger partial charge in [-0.15, -0.1) is 0 Å². The molecule has 138 valence electrons. The number of hydrogen-bond donors (Lipinski definition) is 0. The van der Waals surface area contributed by atoms with Crippen molar-refractivity contribution in [2.75, 3.05) is 0 Å². The van der Waals surface area contributed by atoms with E-state index >= 15 is 0 Å². The van der Waals surface area contributed by atoms with Crippen molar-refractivity contribution < 1.29 is 9.63 Å². The number of imidazole rings is 1. The molecule has 0 unspecified atom stereocenters. The summed E-state index contributed by atoms with van der Waals surface area (Å²) in [6, 6.07) is 20.4. The standard InChI is InChI=1S/C22H16ClN3O2/c1-15-7-9-17(10-8-15)22(27)28-24-13-19-21(16-5-3-2-4-6-16)25-20-12-11-18(23)14-26(19)20/h2-14H,1H3. The third-order valence-corrected chi connectivity index (χ3v) is 4.49. The summed E-state index contributed by atoms with van der Waals surface area (Å²) >= 11 is 6.14. The number of hydrogen-bond acceptors (Lipinski definition) is 4. The van der Waals surface area contributed by atoms with E-state index < -0.39 is 5.97 Å². The summed E-state index contributed by atoms with van der Waals surface area (Å²) in [5.74, 6) is -0.524. The number of rotatable bonds is 4. The van der Waals surface area contributed by atoms with Crippen molar-refractivity contribution in [2.24, 2.45) is 5.16 Å².